The topological polar surface area (TPSA) is 27.7 Å². The molecule has 1 saturated heterocycles. The van der Waals surface area contributed by atoms with Crippen molar-refractivity contribution in [2.45, 2.75) is 25.7 Å². The van der Waals surface area contributed by atoms with Gasteiger partial charge in [0.05, 0.1) is 13.2 Å². The van der Waals surface area contributed by atoms with Gasteiger partial charge in [0.15, 0.2) is 6.29 Å². The molecule has 4 unspecified atom stereocenters. The fraction of sp³-hybridized carbons (Fsp3) is 1.00. The Hall–Kier alpha value is -0.120. The molecule has 3 heteroatoms. The smallest absolute Gasteiger partial charge is 0.161 e. The second kappa shape index (κ2) is 3.32. The van der Waals surface area contributed by atoms with Gasteiger partial charge in [-0.05, 0) is 12.3 Å². The second-order valence-electron chi connectivity index (χ2n) is 3.79. The highest BCUT2D eigenvalue weighted by atomic mass is 16.7. The minimum atomic E-state index is 0.0557. The zero-order valence-electron chi connectivity index (χ0n) is 7.66. The van der Waals surface area contributed by atoms with E-state index in [1.54, 1.807) is 7.11 Å². The Labute approximate surface area is 73.0 Å². The maximum Gasteiger partial charge on any atom is 0.161 e. The molecule has 0 aromatic heterocycles. The Bertz CT molecular complexity index is 160. The van der Waals surface area contributed by atoms with E-state index < -0.39 is 0 Å². The van der Waals surface area contributed by atoms with Crippen molar-refractivity contribution < 1.29 is 14.2 Å². The lowest BCUT2D eigenvalue weighted by atomic mass is 10.3. The van der Waals surface area contributed by atoms with Gasteiger partial charge in [-0.3, -0.25) is 0 Å². The molecule has 0 bridgehead atoms. The van der Waals surface area contributed by atoms with E-state index in [0.717, 1.165) is 5.92 Å². The van der Waals surface area contributed by atoms with Crippen LogP contribution in [0.2, 0.25) is 0 Å². The fourth-order valence-corrected chi connectivity index (χ4v) is 1.70. The van der Waals surface area contributed by atoms with Crippen LogP contribution in [-0.2, 0) is 14.2 Å². The molecule has 70 valence electrons. The highest BCUT2D eigenvalue weighted by Crippen LogP contribution is 2.43. The van der Waals surface area contributed by atoms with Crippen LogP contribution in [0.3, 0.4) is 0 Å². The van der Waals surface area contributed by atoms with Gasteiger partial charge in [0.2, 0.25) is 0 Å². The Morgan fingerprint density at radius 3 is 2.83 bits per heavy atom. The molecule has 2 aliphatic rings. The van der Waals surface area contributed by atoms with Crippen molar-refractivity contribution in [1.29, 1.82) is 0 Å². The number of methoxy groups -OCH3 is 1. The number of rotatable bonds is 3. The summed E-state index contributed by atoms with van der Waals surface area (Å²) in [6, 6.07) is 0. The predicted octanol–water partition coefficient (Wildman–Crippen LogP) is 1.03. The van der Waals surface area contributed by atoms with E-state index in [2.05, 4.69) is 6.92 Å². The minimum Gasteiger partial charge on any atom is -0.382 e. The molecule has 1 aliphatic heterocycles. The normalized spacial score (nSPS) is 46.5. The van der Waals surface area contributed by atoms with Crippen molar-refractivity contribution in [2.24, 2.45) is 11.8 Å². The van der Waals surface area contributed by atoms with Gasteiger partial charge >= 0.3 is 0 Å². The molecule has 0 aromatic carbocycles. The van der Waals surface area contributed by atoms with Gasteiger partial charge < -0.3 is 14.2 Å². The zero-order valence-corrected chi connectivity index (χ0v) is 7.66. The van der Waals surface area contributed by atoms with Gasteiger partial charge in [-0.2, -0.15) is 0 Å². The van der Waals surface area contributed by atoms with Gasteiger partial charge in [-0.25, -0.2) is 0 Å². The molecule has 0 N–H and O–H groups in total. The van der Waals surface area contributed by atoms with E-state index in [0.29, 0.717) is 19.1 Å². The summed E-state index contributed by atoms with van der Waals surface area (Å²) in [5, 5.41) is 0. The van der Waals surface area contributed by atoms with Crippen LogP contribution in [0.25, 0.3) is 0 Å². The second-order valence-corrected chi connectivity index (χ2v) is 3.79. The van der Waals surface area contributed by atoms with Crippen molar-refractivity contribution in [1.82, 2.24) is 0 Å². The molecule has 1 saturated carbocycles. The van der Waals surface area contributed by atoms with Crippen LogP contribution < -0.4 is 0 Å². The molecule has 2 fully saturated rings. The van der Waals surface area contributed by atoms with Gasteiger partial charge in [-0.1, -0.05) is 6.92 Å². The molecule has 0 spiro atoms. The zero-order chi connectivity index (χ0) is 8.55. The van der Waals surface area contributed by atoms with Crippen LogP contribution in [0.15, 0.2) is 0 Å². The lowest BCUT2D eigenvalue weighted by molar-refractivity contribution is -0.0836. The first-order valence-electron chi connectivity index (χ1n) is 4.57. The SMILES string of the molecule is COCC1COC(C2CC2C)O1. The average Bonchev–Trinajstić information content (AvgIpc) is 2.62. The number of hydrogen-bond acceptors (Lipinski definition) is 3. The van der Waals surface area contributed by atoms with E-state index >= 15 is 0 Å². The summed E-state index contributed by atoms with van der Waals surface area (Å²) in [4.78, 5) is 0. The molecule has 2 rings (SSSR count). The lowest BCUT2D eigenvalue weighted by Gasteiger charge is -2.09. The van der Waals surface area contributed by atoms with Crippen molar-refractivity contribution in [3.63, 3.8) is 0 Å². The summed E-state index contributed by atoms with van der Waals surface area (Å²) in [5.41, 5.74) is 0. The van der Waals surface area contributed by atoms with Crippen molar-refractivity contribution in [2.75, 3.05) is 20.3 Å². The lowest BCUT2D eigenvalue weighted by Crippen LogP contribution is -2.18. The Morgan fingerprint density at radius 2 is 2.25 bits per heavy atom. The molecule has 1 heterocycles. The van der Waals surface area contributed by atoms with E-state index in [1.807, 2.05) is 0 Å². The molecule has 4 atom stereocenters. The summed E-state index contributed by atoms with van der Waals surface area (Å²) < 4.78 is 16.2. The van der Waals surface area contributed by atoms with Crippen LogP contribution in [0, 0.1) is 11.8 Å². The first-order chi connectivity index (χ1) is 5.81. The van der Waals surface area contributed by atoms with Gasteiger partial charge in [0.25, 0.3) is 0 Å². The van der Waals surface area contributed by atoms with Crippen molar-refractivity contribution in [3.8, 4) is 0 Å². The number of hydrogen-bond donors (Lipinski definition) is 0. The van der Waals surface area contributed by atoms with Crippen LogP contribution >= 0.6 is 0 Å². The summed E-state index contributed by atoms with van der Waals surface area (Å²) in [6.07, 6.45) is 1.47. The molecule has 0 aromatic rings. The van der Waals surface area contributed by atoms with Gasteiger partial charge in [0.1, 0.15) is 6.10 Å². The number of ether oxygens (including phenoxy) is 3. The monoisotopic (exact) mass is 172 g/mol. The van der Waals surface area contributed by atoms with Crippen LogP contribution in [0.1, 0.15) is 13.3 Å². The van der Waals surface area contributed by atoms with E-state index in [9.17, 15) is 0 Å². The molecule has 3 nitrogen and oxygen atoms in total. The van der Waals surface area contributed by atoms with Crippen LogP contribution in [-0.4, -0.2) is 32.7 Å². The summed E-state index contributed by atoms with van der Waals surface area (Å²) in [5.74, 6) is 1.43. The van der Waals surface area contributed by atoms with Crippen LogP contribution in [0.5, 0.6) is 0 Å². The summed E-state index contributed by atoms with van der Waals surface area (Å²) in [6.45, 7) is 3.58. The average molecular weight is 172 g/mol. The maximum absolute atomic E-state index is 5.65. The predicted molar refractivity (Wildman–Crippen MR) is 43.8 cm³/mol. The quantitative estimate of drug-likeness (QED) is 0.636. The summed E-state index contributed by atoms with van der Waals surface area (Å²) >= 11 is 0. The third-order valence-electron chi connectivity index (χ3n) is 2.65. The Kier molecular flexibility index (Phi) is 2.35. The summed E-state index contributed by atoms with van der Waals surface area (Å²) in [7, 11) is 1.69. The third kappa shape index (κ3) is 1.63. The van der Waals surface area contributed by atoms with Crippen LogP contribution in [0.4, 0.5) is 0 Å². The molecular weight excluding hydrogens is 156 g/mol. The standard InChI is InChI=1S/C9H16O3/c1-6-3-8(6)9-11-5-7(12-9)4-10-2/h6-9H,3-5H2,1-2H3. The highest BCUT2D eigenvalue weighted by Gasteiger charge is 2.44. The Balaban J connectivity index is 1.75. The third-order valence-corrected chi connectivity index (χ3v) is 2.65. The van der Waals surface area contributed by atoms with Crippen molar-refractivity contribution in [3.05, 3.63) is 0 Å². The molecule has 12 heavy (non-hydrogen) atoms. The van der Waals surface area contributed by atoms with Gasteiger partial charge in [-0.15, -0.1) is 0 Å². The first-order valence-corrected chi connectivity index (χ1v) is 4.57. The minimum absolute atomic E-state index is 0.0557. The van der Waals surface area contributed by atoms with Crippen molar-refractivity contribution >= 4 is 0 Å². The molecule has 1 aliphatic carbocycles. The van der Waals surface area contributed by atoms with E-state index in [1.165, 1.54) is 6.42 Å². The maximum atomic E-state index is 5.65. The highest BCUT2D eigenvalue weighted by molar-refractivity contribution is 4.87. The molecule has 0 amide bonds. The van der Waals surface area contributed by atoms with E-state index in [4.69, 9.17) is 14.2 Å². The molecular formula is C9H16O3. The van der Waals surface area contributed by atoms with Gasteiger partial charge in [0, 0.05) is 13.0 Å². The Morgan fingerprint density at radius 1 is 1.50 bits per heavy atom. The largest absolute Gasteiger partial charge is 0.382 e. The van der Waals surface area contributed by atoms with E-state index in [-0.39, 0.29) is 12.4 Å². The fourth-order valence-electron chi connectivity index (χ4n) is 1.70. The first kappa shape index (κ1) is 8.48. The molecule has 0 radical (unpaired) electrons.